The molecule has 0 aliphatic carbocycles. The summed E-state index contributed by atoms with van der Waals surface area (Å²) in [6, 6.07) is 2.14. The zero-order valence-electron chi connectivity index (χ0n) is 9.33. The molecule has 1 aliphatic heterocycles. The molecule has 0 atom stereocenters. The van der Waals surface area contributed by atoms with E-state index in [0.717, 1.165) is 24.1 Å². The Balaban J connectivity index is 2.66. The van der Waals surface area contributed by atoms with E-state index in [-0.39, 0.29) is 0 Å². The van der Waals surface area contributed by atoms with Crippen molar-refractivity contribution in [3.05, 3.63) is 16.7 Å². The SMILES string of the molecule is COc1nc(OC)c2c(c1C#N)CNCC2. The lowest BCUT2D eigenvalue weighted by Crippen LogP contribution is -2.25. The zero-order valence-corrected chi connectivity index (χ0v) is 9.33. The molecule has 1 aromatic rings. The minimum Gasteiger partial charge on any atom is -0.481 e. The number of rotatable bonds is 2. The first kappa shape index (κ1) is 10.7. The van der Waals surface area contributed by atoms with E-state index in [1.54, 1.807) is 7.11 Å². The smallest absolute Gasteiger partial charge is 0.235 e. The van der Waals surface area contributed by atoms with Crippen LogP contribution >= 0.6 is 0 Å². The van der Waals surface area contributed by atoms with Crippen LogP contribution in [-0.4, -0.2) is 25.7 Å². The maximum Gasteiger partial charge on any atom is 0.235 e. The first-order valence-corrected chi connectivity index (χ1v) is 5.06. The monoisotopic (exact) mass is 219 g/mol. The van der Waals surface area contributed by atoms with Gasteiger partial charge in [-0.3, -0.25) is 0 Å². The first-order chi connectivity index (χ1) is 7.81. The van der Waals surface area contributed by atoms with Crippen LogP contribution in [0.25, 0.3) is 0 Å². The molecular weight excluding hydrogens is 206 g/mol. The fourth-order valence-electron chi connectivity index (χ4n) is 1.94. The molecule has 1 N–H and O–H groups in total. The van der Waals surface area contributed by atoms with Gasteiger partial charge in [-0.2, -0.15) is 10.2 Å². The molecule has 0 spiro atoms. The average Bonchev–Trinajstić information content (AvgIpc) is 2.36. The van der Waals surface area contributed by atoms with E-state index in [1.165, 1.54) is 7.11 Å². The highest BCUT2D eigenvalue weighted by Gasteiger charge is 2.22. The molecular formula is C11H13N3O2. The second-order valence-corrected chi connectivity index (χ2v) is 3.50. The van der Waals surface area contributed by atoms with Gasteiger partial charge >= 0.3 is 0 Å². The van der Waals surface area contributed by atoms with Crippen LogP contribution < -0.4 is 14.8 Å². The molecule has 0 fully saturated rings. The van der Waals surface area contributed by atoms with Gasteiger partial charge in [-0.05, 0) is 18.5 Å². The van der Waals surface area contributed by atoms with E-state index in [4.69, 9.17) is 14.7 Å². The third kappa shape index (κ3) is 1.57. The summed E-state index contributed by atoms with van der Waals surface area (Å²) in [6.45, 7) is 1.54. The Morgan fingerprint density at radius 2 is 2.00 bits per heavy atom. The minimum atomic E-state index is 0.335. The number of aromatic nitrogens is 1. The minimum absolute atomic E-state index is 0.335. The van der Waals surface area contributed by atoms with E-state index in [0.29, 0.717) is 23.9 Å². The third-order valence-corrected chi connectivity index (χ3v) is 2.69. The lowest BCUT2D eigenvalue weighted by molar-refractivity contribution is 0.356. The Morgan fingerprint density at radius 3 is 2.62 bits per heavy atom. The van der Waals surface area contributed by atoms with E-state index in [2.05, 4.69) is 16.4 Å². The van der Waals surface area contributed by atoms with Gasteiger partial charge in [0.15, 0.2) is 0 Å². The molecule has 5 nitrogen and oxygen atoms in total. The Kier molecular flexibility index (Phi) is 2.93. The van der Waals surface area contributed by atoms with Gasteiger partial charge in [0.05, 0.1) is 14.2 Å². The summed E-state index contributed by atoms with van der Waals surface area (Å²) in [5.74, 6) is 0.897. The Hall–Kier alpha value is -1.80. The zero-order chi connectivity index (χ0) is 11.5. The van der Waals surface area contributed by atoms with Gasteiger partial charge in [0.2, 0.25) is 11.8 Å². The van der Waals surface area contributed by atoms with Crippen molar-refractivity contribution < 1.29 is 9.47 Å². The molecule has 2 rings (SSSR count). The molecule has 16 heavy (non-hydrogen) atoms. The molecule has 5 heteroatoms. The fraction of sp³-hybridized carbons (Fsp3) is 0.455. The summed E-state index contributed by atoms with van der Waals surface area (Å²) >= 11 is 0. The highest BCUT2D eigenvalue weighted by atomic mass is 16.5. The Morgan fingerprint density at radius 1 is 1.25 bits per heavy atom. The Labute approximate surface area is 94.0 Å². The van der Waals surface area contributed by atoms with Crippen molar-refractivity contribution in [3.8, 4) is 17.8 Å². The van der Waals surface area contributed by atoms with Crippen molar-refractivity contribution in [1.29, 1.82) is 5.26 Å². The molecule has 0 saturated heterocycles. The van der Waals surface area contributed by atoms with E-state index >= 15 is 0 Å². The van der Waals surface area contributed by atoms with E-state index in [1.807, 2.05) is 0 Å². The lowest BCUT2D eigenvalue weighted by atomic mass is 9.98. The maximum atomic E-state index is 9.13. The molecule has 0 radical (unpaired) electrons. The predicted molar refractivity (Wildman–Crippen MR) is 57.5 cm³/mol. The normalized spacial score (nSPS) is 13.8. The maximum absolute atomic E-state index is 9.13. The third-order valence-electron chi connectivity index (χ3n) is 2.69. The molecule has 1 aromatic heterocycles. The number of ether oxygens (including phenoxy) is 2. The van der Waals surface area contributed by atoms with Gasteiger partial charge in [-0.25, -0.2) is 0 Å². The fourth-order valence-corrected chi connectivity index (χ4v) is 1.94. The summed E-state index contributed by atoms with van der Waals surface area (Å²) in [6.07, 6.45) is 0.824. The van der Waals surface area contributed by atoms with Crippen LogP contribution in [0.1, 0.15) is 16.7 Å². The molecule has 0 bridgehead atoms. The summed E-state index contributed by atoms with van der Waals surface area (Å²) < 4.78 is 10.3. The molecule has 0 unspecified atom stereocenters. The number of hydrogen-bond acceptors (Lipinski definition) is 5. The van der Waals surface area contributed by atoms with Gasteiger partial charge in [-0.1, -0.05) is 0 Å². The standard InChI is InChI=1S/C11H13N3O2/c1-15-10-7-3-4-13-6-9(7)8(5-12)11(14-10)16-2/h13H,3-4,6H2,1-2H3. The molecule has 84 valence electrons. The molecule has 1 aliphatic rings. The van der Waals surface area contributed by atoms with Crippen LogP contribution in [0, 0.1) is 11.3 Å². The number of pyridine rings is 1. The van der Waals surface area contributed by atoms with Crippen molar-refractivity contribution >= 4 is 0 Å². The lowest BCUT2D eigenvalue weighted by Gasteiger charge is -2.21. The Bertz CT molecular complexity index is 452. The van der Waals surface area contributed by atoms with E-state index in [9.17, 15) is 0 Å². The quantitative estimate of drug-likeness (QED) is 0.789. The van der Waals surface area contributed by atoms with Gasteiger partial charge < -0.3 is 14.8 Å². The molecule has 2 heterocycles. The van der Waals surface area contributed by atoms with Crippen LogP contribution in [0.3, 0.4) is 0 Å². The largest absolute Gasteiger partial charge is 0.481 e. The van der Waals surface area contributed by atoms with Crippen LogP contribution in [0.15, 0.2) is 0 Å². The number of nitrogens with zero attached hydrogens (tertiary/aromatic N) is 2. The number of nitriles is 1. The van der Waals surface area contributed by atoms with Crippen LogP contribution in [0.4, 0.5) is 0 Å². The highest BCUT2D eigenvalue weighted by molar-refractivity contribution is 5.53. The molecule has 0 amide bonds. The highest BCUT2D eigenvalue weighted by Crippen LogP contribution is 2.31. The number of methoxy groups -OCH3 is 2. The van der Waals surface area contributed by atoms with Gasteiger partial charge in [0.1, 0.15) is 11.6 Å². The number of fused-ring (bicyclic) bond motifs is 1. The summed E-state index contributed by atoms with van der Waals surface area (Å²) in [7, 11) is 3.08. The van der Waals surface area contributed by atoms with Crippen molar-refractivity contribution in [2.24, 2.45) is 0 Å². The first-order valence-electron chi connectivity index (χ1n) is 5.06. The number of hydrogen-bond donors (Lipinski definition) is 1. The van der Waals surface area contributed by atoms with Crippen molar-refractivity contribution in [1.82, 2.24) is 10.3 Å². The van der Waals surface area contributed by atoms with Gasteiger partial charge in [0.25, 0.3) is 0 Å². The summed E-state index contributed by atoms with van der Waals surface area (Å²) in [4.78, 5) is 4.20. The van der Waals surface area contributed by atoms with Crippen molar-refractivity contribution in [2.75, 3.05) is 20.8 Å². The van der Waals surface area contributed by atoms with Crippen LogP contribution in [0.2, 0.25) is 0 Å². The average molecular weight is 219 g/mol. The van der Waals surface area contributed by atoms with Gasteiger partial charge in [-0.15, -0.1) is 0 Å². The van der Waals surface area contributed by atoms with Crippen LogP contribution in [-0.2, 0) is 13.0 Å². The summed E-state index contributed by atoms with van der Waals surface area (Å²) in [5.41, 5.74) is 2.46. The summed E-state index contributed by atoms with van der Waals surface area (Å²) in [5, 5.41) is 12.4. The topological polar surface area (TPSA) is 67.2 Å². The second kappa shape index (κ2) is 4.37. The molecule has 0 saturated carbocycles. The van der Waals surface area contributed by atoms with Crippen molar-refractivity contribution in [3.63, 3.8) is 0 Å². The van der Waals surface area contributed by atoms with E-state index < -0.39 is 0 Å². The number of nitrogens with one attached hydrogen (secondary N) is 1. The predicted octanol–water partition coefficient (Wildman–Crippen LogP) is 0.616. The molecule has 0 aromatic carbocycles. The van der Waals surface area contributed by atoms with Crippen molar-refractivity contribution in [2.45, 2.75) is 13.0 Å². The van der Waals surface area contributed by atoms with Crippen LogP contribution in [0.5, 0.6) is 11.8 Å². The second-order valence-electron chi connectivity index (χ2n) is 3.50. The van der Waals surface area contributed by atoms with Gasteiger partial charge in [0, 0.05) is 12.1 Å².